The van der Waals surface area contributed by atoms with Crippen molar-refractivity contribution in [3.8, 4) is 0 Å². The van der Waals surface area contributed by atoms with Gasteiger partial charge in [0.15, 0.2) is 0 Å². The molecular weight excluding hydrogens is 332 g/mol. The van der Waals surface area contributed by atoms with Gasteiger partial charge in [-0.25, -0.2) is 9.79 Å². The van der Waals surface area contributed by atoms with Gasteiger partial charge >= 0.3 is 0 Å². The van der Waals surface area contributed by atoms with Gasteiger partial charge < -0.3 is 0 Å². The van der Waals surface area contributed by atoms with E-state index in [1.54, 1.807) is 23.5 Å². The maximum atomic E-state index is 11.5. The number of rotatable bonds is 3. The summed E-state index contributed by atoms with van der Waals surface area (Å²) in [4.78, 5) is 12.8. The van der Waals surface area contributed by atoms with Gasteiger partial charge in [0, 0.05) is 23.5 Å². The van der Waals surface area contributed by atoms with Crippen LogP contribution < -0.4 is 5.48 Å². The van der Waals surface area contributed by atoms with E-state index >= 15 is 0 Å². The molecule has 3 aromatic carbocycles. The van der Waals surface area contributed by atoms with Crippen LogP contribution in [0, 0.1) is 0 Å². The zero-order valence-electron chi connectivity index (χ0n) is 13.6. The largest absolute Gasteiger partial charge is 0.288 e. The molecule has 4 nitrogen and oxygen atoms in total. The SMILES string of the molecule is O=C(NO)c1ccc2c(c1)CCN(Sc1ccc3ccccc3c1)C2. The number of carbonyl (C=O) groups excluding carboxylic acids is 1. The summed E-state index contributed by atoms with van der Waals surface area (Å²) in [6.07, 6.45) is 0.891. The van der Waals surface area contributed by atoms with Crippen LogP contribution in [-0.2, 0) is 13.0 Å². The Morgan fingerprint density at radius 2 is 1.84 bits per heavy atom. The minimum Gasteiger partial charge on any atom is -0.288 e. The Bertz CT molecular complexity index is 942. The monoisotopic (exact) mass is 350 g/mol. The second-order valence-electron chi connectivity index (χ2n) is 6.14. The molecule has 0 spiro atoms. The molecule has 2 N–H and O–H groups in total. The third-order valence-electron chi connectivity index (χ3n) is 4.50. The third kappa shape index (κ3) is 3.39. The number of benzene rings is 3. The van der Waals surface area contributed by atoms with Crippen molar-refractivity contribution in [1.29, 1.82) is 0 Å². The molecule has 0 bridgehead atoms. The Balaban J connectivity index is 1.51. The van der Waals surface area contributed by atoms with Crippen LogP contribution in [0.15, 0.2) is 65.6 Å². The molecule has 0 aliphatic carbocycles. The molecule has 0 unspecified atom stereocenters. The highest BCUT2D eigenvalue weighted by molar-refractivity contribution is 7.97. The maximum Gasteiger partial charge on any atom is 0.274 e. The van der Waals surface area contributed by atoms with Crippen molar-refractivity contribution in [2.75, 3.05) is 6.54 Å². The number of fused-ring (bicyclic) bond motifs is 2. The molecular formula is C20H18N2O2S. The number of carbonyl (C=O) groups is 1. The van der Waals surface area contributed by atoms with Gasteiger partial charge in [0.25, 0.3) is 5.91 Å². The normalized spacial score (nSPS) is 14.3. The predicted molar refractivity (Wildman–Crippen MR) is 99.6 cm³/mol. The smallest absolute Gasteiger partial charge is 0.274 e. The number of amides is 1. The summed E-state index contributed by atoms with van der Waals surface area (Å²) < 4.78 is 2.35. The van der Waals surface area contributed by atoms with Crippen LogP contribution >= 0.6 is 11.9 Å². The molecule has 4 rings (SSSR count). The average molecular weight is 350 g/mol. The molecule has 0 saturated heterocycles. The summed E-state index contributed by atoms with van der Waals surface area (Å²) in [7, 11) is 0. The van der Waals surface area contributed by atoms with Crippen molar-refractivity contribution >= 4 is 28.6 Å². The van der Waals surface area contributed by atoms with Gasteiger partial charge in [0.05, 0.1) is 0 Å². The molecule has 0 aromatic heterocycles. The lowest BCUT2D eigenvalue weighted by Crippen LogP contribution is -2.25. The minimum absolute atomic E-state index is 0.462. The van der Waals surface area contributed by atoms with Crippen LogP contribution in [0.25, 0.3) is 10.8 Å². The van der Waals surface area contributed by atoms with Gasteiger partial charge in [0.1, 0.15) is 0 Å². The number of nitrogens with one attached hydrogen (secondary N) is 1. The predicted octanol–water partition coefficient (Wildman–Crippen LogP) is 4.02. The molecule has 3 aromatic rings. The number of hydroxylamine groups is 1. The molecule has 0 saturated carbocycles. The van der Waals surface area contributed by atoms with Crippen LogP contribution in [-0.4, -0.2) is 22.0 Å². The van der Waals surface area contributed by atoms with Crippen molar-refractivity contribution in [3.05, 3.63) is 77.4 Å². The molecule has 1 amide bonds. The highest BCUT2D eigenvalue weighted by Gasteiger charge is 2.18. The molecule has 1 aliphatic heterocycles. The highest BCUT2D eigenvalue weighted by atomic mass is 32.2. The second-order valence-corrected chi connectivity index (χ2v) is 7.31. The Morgan fingerprint density at radius 1 is 1.00 bits per heavy atom. The fourth-order valence-electron chi connectivity index (χ4n) is 3.18. The zero-order valence-corrected chi connectivity index (χ0v) is 14.4. The van der Waals surface area contributed by atoms with E-state index in [9.17, 15) is 4.79 Å². The van der Waals surface area contributed by atoms with Gasteiger partial charge in [-0.15, -0.1) is 0 Å². The van der Waals surface area contributed by atoms with Crippen molar-refractivity contribution in [2.24, 2.45) is 0 Å². The van der Waals surface area contributed by atoms with Gasteiger partial charge in [-0.3, -0.25) is 10.0 Å². The van der Waals surface area contributed by atoms with E-state index < -0.39 is 5.91 Å². The lowest BCUT2D eigenvalue weighted by Gasteiger charge is -2.28. The van der Waals surface area contributed by atoms with E-state index in [1.807, 2.05) is 12.1 Å². The Kier molecular flexibility index (Phi) is 4.44. The van der Waals surface area contributed by atoms with Crippen molar-refractivity contribution < 1.29 is 10.0 Å². The molecule has 126 valence electrons. The van der Waals surface area contributed by atoms with E-state index in [0.29, 0.717) is 5.56 Å². The highest BCUT2D eigenvalue weighted by Crippen LogP contribution is 2.31. The van der Waals surface area contributed by atoms with E-state index in [1.165, 1.54) is 26.8 Å². The molecule has 0 radical (unpaired) electrons. The maximum absolute atomic E-state index is 11.5. The lowest BCUT2D eigenvalue weighted by atomic mass is 9.98. The molecule has 5 heteroatoms. The molecule has 1 heterocycles. The molecule has 0 atom stereocenters. The standard InChI is InChI=1S/C20H18N2O2S/c23-20(21-24)17-5-6-18-13-22(10-9-16(18)11-17)25-19-8-7-14-3-1-2-4-15(14)12-19/h1-8,11-12,24H,9-10,13H2,(H,21,23). The summed E-state index contributed by atoms with van der Waals surface area (Å²) in [5.41, 5.74) is 4.60. The van der Waals surface area contributed by atoms with Gasteiger partial charge in [-0.05, 0) is 64.5 Å². The first-order valence-electron chi connectivity index (χ1n) is 8.21. The lowest BCUT2D eigenvalue weighted by molar-refractivity contribution is 0.0706. The van der Waals surface area contributed by atoms with Crippen LogP contribution in [0.2, 0.25) is 0 Å². The third-order valence-corrected chi connectivity index (χ3v) is 5.54. The van der Waals surface area contributed by atoms with Gasteiger partial charge in [-0.1, -0.05) is 36.4 Å². The van der Waals surface area contributed by atoms with Crippen molar-refractivity contribution in [2.45, 2.75) is 17.9 Å². The fraction of sp³-hybridized carbons (Fsp3) is 0.150. The number of hydrogen-bond acceptors (Lipinski definition) is 4. The average Bonchev–Trinajstić information content (AvgIpc) is 2.67. The summed E-state index contributed by atoms with van der Waals surface area (Å²) >= 11 is 1.77. The summed E-state index contributed by atoms with van der Waals surface area (Å²) in [6, 6.07) is 20.5. The summed E-state index contributed by atoms with van der Waals surface area (Å²) in [6.45, 7) is 1.77. The van der Waals surface area contributed by atoms with E-state index in [0.717, 1.165) is 19.5 Å². The Labute approximate surface area is 150 Å². The molecule has 1 aliphatic rings. The van der Waals surface area contributed by atoms with Crippen LogP contribution in [0.4, 0.5) is 0 Å². The first-order valence-corrected chi connectivity index (χ1v) is 8.98. The minimum atomic E-state index is -0.462. The fourth-order valence-corrected chi connectivity index (χ4v) is 4.18. The van der Waals surface area contributed by atoms with E-state index in [-0.39, 0.29) is 0 Å². The number of hydrogen-bond donors (Lipinski definition) is 2. The van der Waals surface area contributed by atoms with E-state index in [4.69, 9.17) is 5.21 Å². The number of nitrogens with zero attached hydrogens (tertiary/aromatic N) is 1. The van der Waals surface area contributed by atoms with Gasteiger partial charge in [0.2, 0.25) is 0 Å². The topological polar surface area (TPSA) is 52.6 Å². The second kappa shape index (κ2) is 6.88. The first kappa shape index (κ1) is 16.1. The Hall–Kier alpha value is -2.34. The van der Waals surface area contributed by atoms with Crippen LogP contribution in [0.1, 0.15) is 21.5 Å². The quantitative estimate of drug-likeness (QED) is 0.425. The first-order chi connectivity index (χ1) is 12.2. The molecule has 0 fully saturated rings. The summed E-state index contributed by atoms with van der Waals surface area (Å²) in [5.74, 6) is -0.462. The van der Waals surface area contributed by atoms with Crippen LogP contribution in [0.3, 0.4) is 0 Å². The van der Waals surface area contributed by atoms with Crippen molar-refractivity contribution in [3.63, 3.8) is 0 Å². The Morgan fingerprint density at radius 3 is 2.68 bits per heavy atom. The van der Waals surface area contributed by atoms with Crippen LogP contribution in [0.5, 0.6) is 0 Å². The molecule has 25 heavy (non-hydrogen) atoms. The summed E-state index contributed by atoms with van der Waals surface area (Å²) in [5, 5.41) is 11.3. The van der Waals surface area contributed by atoms with Crippen molar-refractivity contribution in [1.82, 2.24) is 9.79 Å². The van der Waals surface area contributed by atoms with Gasteiger partial charge in [-0.2, -0.15) is 0 Å². The zero-order chi connectivity index (χ0) is 17.2. The van der Waals surface area contributed by atoms with E-state index in [2.05, 4.69) is 46.8 Å².